The number of aromatic nitrogens is 3. The van der Waals surface area contributed by atoms with Crippen molar-refractivity contribution in [2.75, 3.05) is 0 Å². The molecule has 0 saturated carbocycles. The monoisotopic (exact) mass is 420 g/mol. The normalized spacial score (nSPS) is 11.4. The maximum absolute atomic E-state index is 6.16. The summed E-state index contributed by atoms with van der Waals surface area (Å²) in [5, 5.41) is 12.6. The fraction of sp³-hybridized carbons (Fsp3) is 0.211. The first kappa shape index (κ1) is 19.6. The van der Waals surface area contributed by atoms with E-state index in [-0.39, 0.29) is 5.92 Å². The number of hydrogen-bond donors (Lipinski definition) is 1. The molecule has 1 heterocycles. The van der Waals surface area contributed by atoms with Gasteiger partial charge < -0.3 is 4.74 Å². The predicted octanol–water partition coefficient (Wildman–Crippen LogP) is 5.83. The molecule has 0 fully saturated rings. The van der Waals surface area contributed by atoms with Crippen LogP contribution >= 0.6 is 35.4 Å². The predicted molar refractivity (Wildman–Crippen MR) is 112 cm³/mol. The second-order valence-electron chi connectivity index (χ2n) is 6.19. The van der Waals surface area contributed by atoms with Gasteiger partial charge >= 0.3 is 0 Å². The molecular weight excluding hydrogens is 403 g/mol. The number of halogens is 2. The van der Waals surface area contributed by atoms with Crippen molar-refractivity contribution in [3.63, 3.8) is 0 Å². The number of hydrogen-bond acceptors (Lipinski definition) is 4. The van der Waals surface area contributed by atoms with E-state index in [2.05, 4.69) is 15.3 Å². The smallest absolute Gasteiger partial charge is 0.216 e. The van der Waals surface area contributed by atoms with Gasteiger partial charge in [-0.3, -0.25) is 5.10 Å². The van der Waals surface area contributed by atoms with E-state index in [1.807, 2.05) is 44.2 Å². The fourth-order valence-corrected chi connectivity index (χ4v) is 3.01. The minimum Gasteiger partial charge on any atom is -0.489 e. The second-order valence-corrected chi connectivity index (χ2v) is 7.42. The van der Waals surface area contributed by atoms with E-state index < -0.39 is 0 Å². The number of ether oxygens (including phenoxy) is 1. The van der Waals surface area contributed by atoms with Gasteiger partial charge in [0.1, 0.15) is 12.4 Å². The quantitative estimate of drug-likeness (QED) is 0.402. The van der Waals surface area contributed by atoms with Gasteiger partial charge in [0.25, 0.3) is 0 Å². The lowest BCUT2D eigenvalue weighted by Gasteiger charge is -2.08. The van der Waals surface area contributed by atoms with Crippen LogP contribution in [-0.4, -0.2) is 21.1 Å². The van der Waals surface area contributed by atoms with Crippen LogP contribution in [-0.2, 0) is 6.61 Å². The third kappa shape index (κ3) is 4.97. The molecule has 27 heavy (non-hydrogen) atoms. The van der Waals surface area contributed by atoms with Crippen LogP contribution in [0.25, 0.3) is 0 Å². The van der Waals surface area contributed by atoms with Gasteiger partial charge in [-0.15, -0.1) is 0 Å². The van der Waals surface area contributed by atoms with E-state index in [1.165, 1.54) is 0 Å². The fourth-order valence-electron chi connectivity index (χ4n) is 2.36. The molecule has 5 nitrogen and oxygen atoms in total. The lowest BCUT2D eigenvalue weighted by molar-refractivity contribution is 0.306. The minimum atomic E-state index is 0.213. The van der Waals surface area contributed by atoms with E-state index in [1.54, 1.807) is 23.0 Å². The van der Waals surface area contributed by atoms with Crippen LogP contribution in [0, 0.1) is 4.77 Å². The third-order valence-corrected chi connectivity index (χ3v) is 4.65. The van der Waals surface area contributed by atoms with Crippen LogP contribution in [0.5, 0.6) is 5.75 Å². The van der Waals surface area contributed by atoms with E-state index in [0.717, 1.165) is 22.7 Å². The van der Waals surface area contributed by atoms with Crippen molar-refractivity contribution in [2.45, 2.75) is 26.4 Å². The molecule has 3 aromatic rings. The number of benzene rings is 2. The van der Waals surface area contributed by atoms with Crippen molar-refractivity contribution in [3.05, 3.63) is 74.2 Å². The van der Waals surface area contributed by atoms with E-state index in [9.17, 15) is 0 Å². The highest BCUT2D eigenvalue weighted by molar-refractivity contribution is 7.71. The van der Waals surface area contributed by atoms with Crippen LogP contribution in [0.15, 0.2) is 47.6 Å². The zero-order chi connectivity index (χ0) is 19.4. The van der Waals surface area contributed by atoms with Gasteiger partial charge in [0.15, 0.2) is 5.82 Å². The number of rotatable bonds is 6. The number of nitrogens with zero attached hydrogens (tertiary/aromatic N) is 3. The molecule has 0 radical (unpaired) electrons. The number of H-pyrrole nitrogens is 1. The van der Waals surface area contributed by atoms with Crippen LogP contribution < -0.4 is 4.74 Å². The number of aromatic amines is 1. The molecule has 2 aromatic carbocycles. The van der Waals surface area contributed by atoms with E-state index >= 15 is 0 Å². The van der Waals surface area contributed by atoms with Gasteiger partial charge in [-0.1, -0.05) is 43.1 Å². The molecule has 0 aliphatic heterocycles. The Kier molecular flexibility index (Phi) is 6.31. The van der Waals surface area contributed by atoms with Crippen molar-refractivity contribution in [1.29, 1.82) is 0 Å². The molecule has 3 rings (SSSR count). The van der Waals surface area contributed by atoms with Gasteiger partial charge in [0.05, 0.1) is 6.21 Å². The summed E-state index contributed by atoms with van der Waals surface area (Å²) in [6.07, 6.45) is 1.73. The second kappa shape index (κ2) is 8.69. The summed E-state index contributed by atoms with van der Waals surface area (Å²) in [6.45, 7) is 4.44. The van der Waals surface area contributed by atoms with Crippen molar-refractivity contribution >= 4 is 41.6 Å². The Morgan fingerprint density at radius 2 is 1.96 bits per heavy atom. The van der Waals surface area contributed by atoms with Gasteiger partial charge in [-0.25, -0.2) is 0 Å². The Labute approximate surface area is 172 Å². The van der Waals surface area contributed by atoms with Crippen molar-refractivity contribution in [2.24, 2.45) is 5.10 Å². The average Bonchev–Trinajstić information content (AvgIpc) is 3.01. The molecule has 140 valence electrons. The largest absolute Gasteiger partial charge is 0.489 e. The Balaban J connectivity index is 1.67. The molecule has 0 spiro atoms. The lowest BCUT2D eigenvalue weighted by Crippen LogP contribution is -2.01. The highest BCUT2D eigenvalue weighted by Gasteiger charge is 2.08. The van der Waals surface area contributed by atoms with E-state index in [4.69, 9.17) is 40.2 Å². The molecule has 0 bridgehead atoms. The summed E-state index contributed by atoms with van der Waals surface area (Å²) in [6, 6.07) is 12.9. The van der Waals surface area contributed by atoms with Gasteiger partial charge in [-0.2, -0.15) is 14.9 Å². The molecule has 0 aliphatic rings. The van der Waals surface area contributed by atoms with Crippen LogP contribution in [0.4, 0.5) is 0 Å². The first-order valence-electron chi connectivity index (χ1n) is 8.32. The highest BCUT2D eigenvalue weighted by atomic mass is 35.5. The van der Waals surface area contributed by atoms with Crippen LogP contribution in [0.1, 0.15) is 36.7 Å². The zero-order valence-corrected chi connectivity index (χ0v) is 17.1. The third-order valence-electron chi connectivity index (χ3n) is 3.80. The first-order valence-corrected chi connectivity index (χ1v) is 9.49. The van der Waals surface area contributed by atoms with Crippen molar-refractivity contribution < 1.29 is 4.74 Å². The topological polar surface area (TPSA) is 55.2 Å². The van der Waals surface area contributed by atoms with Gasteiger partial charge in [0.2, 0.25) is 4.77 Å². The Morgan fingerprint density at radius 1 is 1.22 bits per heavy atom. The SMILES string of the molecule is CC(C)c1n[nH]c(=S)n1/N=C/c1ccc(OCc2ccc(Cl)cc2Cl)cc1. The van der Waals surface area contributed by atoms with Gasteiger partial charge in [0, 0.05) is 21.5 Å². The summed E-state index contributed by atoms with van der Waals surface area (Å²) in [5.41, 5.74) is 1.80. The van der Waals surface area contributed by atoms with E-state index in [0.29, 0.717) is 21.4 Å². The molecule has 0 atom stereocenters. The lowest BCUT2D eigenvalue weighted by atomic mass is 10.2. The molecule has 0 aliphatic carbocycles. The minimum absolute atomic E-state index is 0.213. The molecule has 1 aromatic heterocycles. The molecule has 1 N–H and O–H groups in total. The van der Waals surface area contributed by atoms with Crippen LogP contribution in [0.3, 0.4) is 0 Å². The Hall–Kier alpha value is -2.15. The molecular formula is C19H18Cl2N4OS. The van der Waals surface area contributed by atoms with Crippen molar-refractivity contribution in [3.8, 4) is 5.75 Å². The van der Waals surface area contributed by atoms with Gasteiger partial charge in [-0.05, 0) is 54.2 Å². The highest BCUT2D eigenvalue weighted by Crippen LogP contribution is 2.22. The Morgan fingerprint density at radius 3 is 2.63 bits per heavy atom. The molecule has 0 saturated heterocycles. The molecule has 0 unspecified atom stereocenters. The Bertz CT molecular complexity index is 1010. The maximum atomic E-state index is 6.16. The summed E-state index contributed by atoms with van der Waals surface area (Å²) in [7, 11) is 0. The van der Waals surface area contributed by atoms with Crippen LogP contribution in [0.2, 0.25) is 10.0 Å². The maximum Gasteiger partial charge on any atom is 0.216 e. The number of nitrogens with one attached hydrogen (secondary N) is 1. The molecule has 0 amide bonds. The zero-order valence-electron chi connectivity index (χ0n) is 14.8. The average molecular weight is 421 g/mol. The summed E-state index contributed by atoms with van der Waals surface area (Å²) >= 11 is 17.3. The first-order chi connectivity index (χ1) is 12.9. The summed E-state index contributed by atoms with van der Waals surface area (Å²) in [5.74, 6) is 1.74. The standard InChI is InChI=1S/C19H18Cl2N4OS/c1-12(2)18-23-24-19(27)25(18)22-10-13-3-7-16(8-4-13)26-11-14-5-6-15(20)9-17(14)21/h3-10,12H,11H2,1-2H3,(H,24,27)/b22-10+. The molecule has 8 heteroatoms. The van der Waals surface area contributed by atoms with Crippen molar-refractivity contribution in [1.82, 2.24) is 14.9 Å². The summed E-state index contributed by atoms with van der Waals surface area (Å²) in [4.78, 5) is 0. The summed E-state index contributed by atoms with van der Waals surface area (Å²) < 4.78 is 7.88.